The second kappa shape index (κ2) is 9.74. The third kappa shape index (κ3) is 4.38. The number of rotatable bonds is 5. The van der Waals surface area contributed by atoms with Crippen LogP contribution in [0.25, 0.3) is 16.5 Å². The van der Waals surface area contributed by atoms with E-state index >= 15 is 0 Å². The molecule has 184 valence electrons. The minimum absolute atomic E-state index is 0.0100. The van der Waals surface area contributed by atoms with E-state index in [1.54, 1.807) is 50.2 Å². The number of esters is 1. The van der Waals surface area contributed by atoms with Crippen LogP contribution in [-0.4, -0.2) is 28.9 Å². The number of benzene rings is 4. The van der Waals surface area contributed by atoms with Gasteiger partial charge in [-0.3, -0.25) is 14.5 Å². The first kappa shape index (κ1) is 24.0. The van der Waals surface area contributed by atoms with Gasteiger partial charge < -0.3 is 9.84 Å². The quantitative estimate of drug-likeness (QED) is 0.159. The number of amides is 1. The maximum Gasteiger partial charge on any atom is 0.338 e. The van der Waals surface area contributed by atoms with E-state index in [-0.39, 0.29) is 17.4 Å². The largest absolute Gasteiger partial charge is 0.507 e. The third-order valence-electron chi connectivity index (χ3n) is 6.33. The topological polar surface area (TPSA) is 83.9 Å². The van der Waals surface area contributed by atoms with Crippen molar-refractivity contribution in [2.75, 3.05) is 4.90 Å². The van der Waals surface area contributed by atoms with Crippen LogP contribution in [-0.2, 0) is 14.3 Å². The molecule has 1 aliphatic rings. The lowest BCUT2D eigenvalue weighted by Gasteiger charge is -2.25. The molecule has 0 spiro atoms. The number of carbonyl (C=O) groups excluding carboxylic acids is 3. The Labute approximate surface area is 214 Å². The fourth-order valence-corrected chi connectivity index (χ4v) is 4.67. The van der Waals surface area contributed by atoms with Crippen molar-refractivity contribution in [3.63, 3.8) is 0 Å². The van der Waals surface area contributed by atoms with E-state index in [0.717, 1.165) is 10.8 Å². The lowest BCUT2D eigenvalue weighted by molar-refractivity contribution is -0.132. The van der Waals surface area contributed by atoms with Crippen LogP contribution in [0.4, 0.5) is 5.69 Å². The molecule has 0 aromatic heterocycles. The molecule has 0 bridgehead atoms. The molecule has 1 aliphatic heterocycles. The third-order valence-corrected chi connectivity index (χ3v) is 6.33. The maximum atomic E-state index is 13.4. The Morgan fingerprint density at radius 1 is 0.838 bits per heavy atom. The van der Waals surface area contributed by atoms with Gasteiger partial charge in [0, 0.05) is 11.3 Å². The minimum atomic E-state index is -0.853. The highest BCUT2D eigenvalue weighted by Gasteiger charge is 2.47. The molecule has 1 N–H and O–H groups in total. The Balaban J connectivity index is 1.66. The second-order valence-corrected chi connectivity index (χ2v) is 9.11. The highest BCUT2D eigenvalue weighted by Crippen LogP contribution is 2.42. The molecule has 1 saturated heterocycles. The lowest BCUT2D eigenvalue weighted by Crippen LogP contribution is -2.29. The monoisotopic (exact) mass is 491 g/mol. The Morgan fingerprint density at radius 2 is 1.49 bits per heavy atom. The van der Waals surface area contributed by atoms with Gasteiger partial charge in [0.25, 0.3) is 11.7 Å². The summed E-state index contributed by atoms with van der Waals surface area (Å²) in [4.78, 5) is 40.5. The lowest BCUT2D eigenvalue weighted by atomic mass is 9.93. The van der Waals surface area contributed by atoms with Crippen LogP contribution >= 0.6 is 0 Å². The first-order valence-corrected chi connectivity index (χ1v) is 12.0. The molecular weight excluding hydrogens is 466 g/mol. The van der Waals surface area contributed by atoms with E-state index in [2.05, 4.69) is 0 Å². The summed E-state index contributed by atoms with van der Waals surface area (Å²) in [6, 6.07) is 27.6. The van der Waals surface area contributed by atoms with Crippen LogP contribution in [0, 0.1) is 0 Å². The normalized spacial score (nSPS) is 16.9. The number of nitrogens with zero attached hydrogens (tertiary/aromatic N) is 1. The highest BCUT2D eigenvalue weighted by molar-refractivity contribution is 6.51. The van der Waals surface area contributed by atoms with E-state index in [0.29, 0.717) is 22.4 Å². The molecule has 4 aromatic carbocycles. The molecule has 1 heterocycles. The summed E-state index contributed by atoms with van der Waals surface area (Å²) in [5.41, 5.74) is 1.92. The van der Waals surface area contributed by atoms with Crippen molar-refractivity contribution >= 4 is 39.9 Å². The number of hydrogen-bond acceptors (Lipinski definition) is 5. The van der Waals surface area contributed by atoms with Gasteiger partial charge in [0.2, 0.25) is 0 Å². The molecular formula is C31H25NO5. The van der Waals surface area contributed by atoms with Gasteiger partial charge in [-0.1, -0.05) is 72.8 Å². The number of aliphatic hydroxyl groups is 1. The summed E-state index contributed by atoms with van der Waals surface area (Å²) >= 11 is 0. The zero-order valence-electron chi connectivity index (χ0n) is 20.4. The van der Waals surface area contributed by atoms with Crippen LogP contribution in [0.2, 0.25) is 0 Å². The van der Waals surface area contributed by atoms with Crippen molar-refractivity contribution in [2.24, 2.45) is 0 Å². The van der Waals surface area contributed by atoms with Crippen LogP contribution in [0.5, 0.6) is 0 Å². The number of fused-ring (bicyclic) bond motifs is 1. The SMILES string of the molecule is CC(C)OC(=O)c1ccc(N2C(=O)C(=O)/C(=C(\O)c3cccc4ccccc34)C2c2ccccc2)cc1. The maximum absolute atomic E-state index is 13.4. The van der Waals surface area contributed by atoms with E-state index in [4.69, 9.17) is 4.74 Å². The average molecular weight is 492 g/mol. The van der Waals surface area contributed by atoms with E-state index in [9.17, 15) is 19.5 Å². The summed E-state index contributed by atoms with van der Waals surface area (Å²) in [6.07, 6.45) is -0.267. The zero-order valence-corrected chi connectivity index (χ0v) is 20.4. The van der Waals surface area contributed by atoms with Gasteiger partial charge in [-0.15, -0.1) is 0 Å². The van der Waals surface area contributed by atoms with Crippen molar-refractivity contribution in [1.29, 1.82) is 0 Å². The smallest absolute Gasteiger partial charge is 0.338 e. The van der Waals surface area contributed by atoms with E-state index in [1.807, 2.05) is 60.7 Å². The Bertz CT molecular complexity index is 1530. The molecule has 1 unspecified atom stereocenters. The van der Waals surface area contributed by atoms with Gasteiger partial charge in [-0.25, -0.2) is 4.79 Å². The van der Waals surface area contributed by atoms with Crippen LogP contribution in [0.3, 0.4) is 0 Å². The minimum Gasteiger partial charge on any atom is -0.507 e. The molecule has 0 radical (unpaired) electrons. The number of anilines is 1. The summed E-state index contributed by atoms with van der Waals surface area (Å²) in [5, 5.41) is 13.2. The van der Waals surface area contributed by atoms with Gasteiger partial charge in [0.1, 0.15) is 5.76 Å². The first-order chi connectivity index (χ1) is 17.9. The summed E-state index contributed by atoms with van der Waals surface area (Å²) in [7, 11) is 0. The molecule has 1 amide bonds. The Morgan fingerprint density at radius 3 is 2.19 bits per heavy atom. The van der Waals surface area contributed by atoms with Crippen molar-refractivity contribution < 1.29 is 24.2 Å². The predicted octanol–water partition coefficient (Wildman–Crippen LogP) is 6.03. The van der Waals surface area contributed by atoms with Crippen LogP contribution in [0.1, 0.15) is 41.4 Å². The fraction of sp³-hybridized carbons (Fsp3) is 0.129. The van der Waals surface area contributed by atoms with Gasteiger partial charge >= 0.3 is 5.97 Å². The molecule has 0 aliphatic carbocycles. The van der Waals surface area contributed by atoms with Crippen molar-refractivity contribution in [3.8, 4) is 0 Å². The van der Waals surface area contributed by atoms with E-state index in [1.165, 1.54) is 4.90 Å². The number of aliphatic hydroxyl groups excluding tert-OH is 1. The van der Waals surface area contributed by atoms with Crippen molar-refractivity contribution in [1.82, 2.24) is 0 Å². The standard InChI is InChI=1S/C31H25NO5/c1-19(2)37-31(36)22-15-17-23(18-16-22)32-27(21-10-4-3-5-11-21)26(29(34)30(32)35)28(33)25-14-8-12-20-9-6-7-13-24(20)25/h3-19,27,33H,1-2H3/b28-26-. The number of ether oxygens (including phenoxy) is 1. The van der Waals surface area contributed by atoms with Gasteiger partial charge in [0.05, 0.1) is 23.3 Å². The Kier molecular flexibility index (Phi) is 6.32. The molecule has 6 heteroatoms. The van der Waals surface area contributed by atoms with Gasteiger partial charge in [-0.05, 0) is 54.4 Å². The molecule has 0 saturated carbocycles. The summed E-state index contributed by atoms with van der Waals surface area (Å²) in [6.45, 7) is 3.53. The van der Waals surface area contributed by atoms with Gasteiger partial charge in [0.15, 0.2) is 0 Å². The highest BCUT2D eigenvalue weighted by atomic mass is 16.5. The number of hydrogen-bond donors (Lipinski definition) is 1. The average Bonchev–Trinajstić information content (AvgIpc) is 3.18. The molecule has 4 aromatic rings. The van der Waals surface area contributed by atoms with Crippen LogP contribution in [0.15, 0.2) is 103 Å². The zero-order chi connectivity index (χ0) is 26.1. The Hall–Kier alpha value is -4.71. The molecule has 37 heavy (non-hydrogen) atoms. The second-order valence-electron chi connectivity index (χ2n) is 9.11. The first-order valence-electron chi connectivity index (χ1n) is 12.0. The summed E-state index contributed by atoms with van der Waals surface area (Å²) in [5.74, 6) is -2.24. The molecule has 6 nitrogen and oxygen atoms in total. The molecule has 5 rings (SSSR count). The van der Waals surface area contributed by atoms with Crippen molar-refractivity contribution in [2.45, 2.75) is 26.0 Å². The molecule has 1 fully saturated rings. The number of ketones is 1. The van der Waals surface area contributed by atoms with Gasteiger partial charge in [-0.2, -0.15) is 0 Å². The van der Waals surface area contributed by atoms with E-state index < -0.39 is 23.7 Å². The number of carbonyl (C=O) groups is 3. The summed E-state index contributed by atoms with van der Waals surface area (Å²) < 4.78 is 5.25. The number of Topliss-reactive ketones (excluding diaryl/α,β-unsaturated/α-hetero) is 1. The predicted molar refractivity (Wildman–Crippen MR) is 142 cm³/mol. The van der Waals surface area contributed by atoms with Crippen LogP contribution < -0.4 is 4.90 Å². The van der Waals surface area contributed by atoms with Crippen molar-refractivity contribution in [3.05, 3.63) is 119 Å². The fourth-order valence-electron chi connectivity index (χ4n) is 4.67. The molecule has 1 atom stereocenters.